The van der Waals surface area contributed by atoms with E-state index in [-0.39, 0.29) is 5.69 Å². The molecule has 2 aromatic heterocycles. The molecular weight excluding hydrogens is 340 g/mol. The van der Waals surface area contributed by atoms with Crippen LogP contribution in [0.25, 0.3) is 5.69 Å². The minimum absolute atomic E-state index is 0.190. The number of nitriles is 1. The first-order valence-electron chi connectivity index (χ1n) is 6.49. The average molecular weight is 347 g/mol. The second kappa shape index (κ2) is 4.98. The molecule has 10 heteroatoms. The van der Waals surface area contributed by atoms with Crippen LogP contribution in [0.4, 0.5) is 26.3 Å². The molecule has 0 saturated heterocycles. The molecule has 1 unspecified atom stereocenters. The highest BCUT2D eigenvalue weighted by Crippen LogP contribution is 2.49. The molecule has 1 aliphatic carbocycles. The topological polar surface area (TPSA) is 61.8 Å². The van der Waals surface area contributed by atoms with Gasteiger partial charge >= 0.3 is 6.18 Å². The molecule has 126 valence electrons. The summed E-state index contributed by atoms with van der Waals surface area (Å²) in [5, 5.41) is 18.3. The zero-order chi connectivity index (χ0) is 17.9. The number of aliphatic hydroxyl groups excluding tert-OH is 1. The molecule has 1 aliphatic rings. The summed E-state index contributed by atoms with van der Waals surface area (Å²) in [6, 6.07) is 2.36. The van der Waals surface area contributed by atoms with Crippen LogP contribution in [0.15, 0.2) is 18.5 Å². The molecule has 2 aromatic rings. The van der Waals surface area contributed by atoms with E-state index < -0.39 is 53.0 Å². The van der Waals surface area contributed by atoms with Gasteiger partial charge in [-0.15, -0.1) is 0 Å². The molecule has 1 N–H and O–H groups in total. The normalized spacial score (nSPS) is 19.2. The Morgan fingerprint density at radius 1 is 1.38 bits per heavy atom. The van der Waals surface area contributed by atoms with Gasteiger partial charge in [0.05, 0.1) is 23.9 Å². The van der Waals surface area contributed by atoms with E-state index >= 15 is 0 Å². The first-order chi connectivity index (χ1) is 11.1. The summed E-state index contributed by atoms with van der Waals surface area (Å²) in [5.41, 5.74) is -3.53. The smallest absolute Gasteiger partial charge is 0.382 e. The number of aromatic nitrogens is 2. The summed E-state index contributed by atoms with van der Waals surface area (Å²) < 4.78 is 80.7. The lowest BCUT2D eigenvalue weighted by atomic mass is 10.1. The Morgan fingerprint density at radius 2 is 2.04 bits per heavy atom. The summed E-state index contributed by atoms with van der Waals surface area (Å²) >= 11 is 0. The van der Waals surface area contributed by atoms with Crippen molar-refractivity contribution < 1.29 is 31.4 Å². The van der Waals surface area contributed by atoms with Crippen molar-refractivity contribution in [1.82, 2.24) is 9.55 Å². The molecule has 0 bridgehead atoms. The standard InChI is InChI=1S/C14H7F6N3O/c15-12-6(3-21)1-7(4-22-12)23-5-8(14(18,19)20)10-9(23)2-13(16,17)11(10)24/h1,4-5,11,24H,2H2. The maximum atomic E-state index is 13.7. The van der Waals surface area contributed by atoms with E-state index in [2.05, 4.69) is 4.98 Å². The van der Waals surface area contributed by atoms with Gasteiger partial charge in [0.25, 0.3) is 5.92 Å². The highest BCUT2D eigenvalue weighted by atomic mass is 19.4. The lowest BCUT2D eigenvalue weighted by Crippen LogP contribution is -2.23. The summed E-state index contributed by atoms with van der Waals surface area (Å²) in [6.07, 6.45) is -7.35. The Labute approximate surface area is 130 Å². The fourth-order valence-electron chi connectivity index (χ4n) is 2.68. The van der Waals surface area contributed by atoms with Crippen molar-refractivity contribution in [3.63, 3.8) is 0 Å². The van der Waals surface area contributed by atoms with E-state index in [1.165, 1.54) is 6.07 Å². The number of halogens is 6. The number of nitrogens with zero attached hydrogens (tertiary/aromatic N) is 3. The highest BCUT2D eigenvalue weighted by molar-refractivity contribution is 5.49. The van der Waals surface area contributed by atoms with Gasteiger partial charge in [-0.25, -0.2) is 13.8 Å². The van der Waals surface area contributed by atoms with Crippen molar-refractivity contribution in [3.8, 4) is 11.8 Å². The first-order valence-corrected chi connectivity index (χ1v) is 6.49. The predicted octanol–water partition coefficient (Wildman–Crippen LogP) is 3.13. The molecule has 0 amide bonds. The number of rotatable bonds is 1. The maximum Gasteiger partial charge on any atom is 0.418 e. The fraction of sp³-hybridized carbons (Fsp3) is 0.286. The Morgan fingerprint density at radius 3 is 2.62 bits per heavy atom. The van der Waals surface area contributed by atoms with Crippen LogP contribution in [-0.2, 0) is 12.6 Å². The number of pyridine rings is 1. The van der Waals surface area contributed by atoms with Crippen LogP contribution in [0, 0.1) is 17.3 Å². The average Bonchev–Trinajstić information content (AvgIpc) is 2.95. The van der Waals surface area contributed by atoms with E-state index in [0.717, 1.165) is 16.8 Å². The lowest BCUT2D eigenvalue weighted by molar-refractivity contribution is -0.142. The molecule has 24 heavy (non-hydrogen) atoms. The van der Waals surface area contributed by atoms with E-state index in [1.807, 2.05) is 0 Å². The van der Waals surface area contributed by atoms with Gasteiger partial charge in [0, 0.05) is 17.5 Å². The molecule has 1 atom stereocenters. The number of aliphatic hydroxyl groups is 1. The molecule has 0 radical (unpaired) electrons. The second-order valence-electron chi connectivity index (χ2n) is 5.25. The quantitative estimate of drug-likeness (QED) is 0.637. The number of hydrogen-bond acceptors (Lipinski definition) is 3. The van der Waals surface area contributed by atoms with Gasteiger partial charge < -0.3 is 9.67 Å². The summed E-state index contributed by atoms with van der Waals surface area (Å²) in [7, 11) is 0. The van der Waals surface area contributed by atoms with Crippen LogP contribution >= 0.6 is 0 Å². The minimum Gasteiger partial charge on any atom is -0.382 e. The molecule has 2 heterocycles. The van der Waals surface area contributed by atoms with E-state index in [1.54, 1.807) is 0 Å². The Hall–Kier alpha value is -2.54. The zero-order valence-corrected chi connectivity index (χ0v) is 11.6. The van der Waals surface area contributed by atoms with Gasteiger partial charge in [0.1, 0.15) is 17.7 Å². The van der Waals surface area contributed by atoms with Crippen molar-refractivity contribution >= 4 is 0 Å². The van der Waals surface area contributed by atoms with Crippen molar-refractivity contribution in [2.75, 3.05) is 0 Å². The zero-order valence-electron chi connectivity index (χ0n) is 11.6. The van der Waals surface area contributed by atoms with Gasteiger partial charge in [-0.1, -0.05) is 0 Å². The third-order valence-corrected chi connectivity index (χ3v) is 3.76. The summed E-state index contributed by atoms with van der Waals surface area (Å²) in [5.74, 6) is -4.90. The van der Waals surface area contributed by atoms with Crippen LogP contribution in [0.5, 0.6) is 0 Å². The monoisotopic (exact) mass is 347 g/mol. The van der Waals surface area contributed by atoms with Crippen molar-refractivity contribution in [2.45, 2.75) is 24.6 Å². The largest absolute Gasteiger partial charge is 0.418 e. The Bertz CT molecular complexity index is 865. The van der Waals surface area contributed by atoms with Crippen LogP contribution in [0.2, 0.25) is 0 Å². The Kier molecular flexibility index (Phi) is 3.38. The molecule has 4 nitrogen and oxygen atoms in total. The molecule has 0 aromatic carbocycles. The maximum absolute atomic E-state index is 13.7. The lowest BCUT2D eigenvalue weighted by Gasteiger charge is -2.16. The molecule has 0 saturated carbocycles. The van der Waals surface area contributed by atoms with Crippen LogP contribution in [0.1, 0.15) is 28.5 Å². The van der Waals surface area contributed by atoms with Gasteiger partial charge in [-0.3, -0.25) is 0 Å². The third kappa shape index (κ3) is 2.32. The summed E-state index contributed by atoms with van der Waals surface area (Å²) in [4.78, 5) is 3.24. The van der Waals surface area contributed by atoms with Crippen LogP contribution < -0.4 is 0 Å². The molecule has 0 fully saturated rings. The second-order valence-corrected chi connectivity index (χ2v) is 5.25. The van der Waals surface area contributed by atoms with Gasteiger partial charge in [0.15, 0.2) is 0 Å². The SMILES string of the molecule is N#Cc1cc(-n2cc(C(F)(F)F)c3c2CC(F)(F)C3O)cnc1F. The molecule has 3 rings (SSSR count). The van der Waals surface area contributed by atoms with Crippen molar-refractivity contribution in [3.05, 3.63) is 46.8 Å². The fourth-order valence-corrected chi connectivity index (χ4v) is 2.68. The number of alkyl halides is 5. The van der Waals surface area contributed by atoms with E-state index in [0.29, 0.717) is 6.20 Å². The van der Waals surface area contributed by atoms with E-state index in [9.17, 15) is 31.4 Å². The van der Waals surface area contributed by atoms with Gasteiger partial charge in [-0.2, -0.15) is 22.8 Å². The molecule has 0 aliphatic heterocycles. The molecule has 0 spiro atoms. The van der Waals surface area contributed by atoms with E-state index in [4.69, 9.17) is 5.26 Å². The first kappa shape index (κ1) is 16.3. The van der Waals surface area contributed by atoms with Gasteiger partial charge in [0.2, 0.25) is 5.95 Å². The van der Waals surface area contributed by atoms with Gasteiger partial charge in [-0.05, 0) is 6.07 Å². The molecular formula is C14H7F6N3O. The Balaban J connectivity index is 2.26. The number of fused-ring (bicyclic) bond motifs is 1. The number of hydrogen-bond donors (Lipinski definition) is 1. The van der Waals surface area contributed by atoms with Crippen LogP contribution in [-0.4, -0.2) is 20.6 Å². The van der Waals surface area contributed by atoms with Crippen molar-refractivity contribution in [1.29, 1.82) is 5.26 Å². The third-order valence-electron chi connectivity index (χ3n) is 3.76. The minimum atomic E-state index is -4.97. The highest BCUT2D eigenvalue weighted by Gasteiger charge is 2.53. The van der Waals surface area contributed by atoms with Crippen molar-refractivity contribution in [2.24, 2.45) is 0 Å². The predicted molar refractivity (Wildman–Crippen MR) is 66.8 cm³/mol. The van der Waals surface area contributed by atoms with Crippen LogP contribution in [0.3, 0.4) is 0 Å². The summed E-state index contributed by atoms with van der Waals surface area (Å²) in [6.45, 7) is 0.